The Morgan fingerprint density at radius 2 is 1.12 bits per heavy atom. The van der Waals surface area contributed by atoms with Crippen LogP contribution in [0, 0.1) is 0 Å². The SMILES string of the molecule is CCCCCCCCCCCCCCCCN1C=CC=CC1CC. The molecule has 0 fully saturated rings. The molecule has 0 amide bonds. The van der Waals surface area contributed by atoms with Crippen molar-refractivity contribution in [2.24, 2.45) is 0 Å². The second-order valence-electron chi connectivity index (χ2n) is 7.54. The molecule has 24 heavy (non-hydrogen) atoms. The highest BCUT2D eigenvalue weighted by atomic mass is 15.1. The standard InChI is InChI=1S/C23H43N/c1-3-5-6-7-8-9-10-11-12-13-14-15-16-18-21-24-22-19-17-20-23(24)4-2/h17,19-20,22-23H,3-16,18,21H2,1-2H3. The highest BCUT2D eigenvalue weighted by Crippen LogP contribution is 2.15. The highest BCUT2D eigenvalue weighted by Gasteiger charge is 2.11. The molecule has 0 aromatic heterocycles. The third kappa shape index (κ3) is 10.9. The molecule has 1 unspecified atom stereocenters. The van der Waals surface area contributed by atoms with Gasteiger partial charge in [-0.1, -0.05) is 109 Å². The lowest BCUT2D eigenvalue weighted by molar-refractivity contribution is 0.300. The molecule has 0 aromatic rings. The maximum Gasteiger partial charge on any atom is 0.0467 e. The molecular formula is C23H43N. The number of allylic oxidation sites excluding steroid dienone is 2. The van der Waals surface area contributed by atoms with Crippen molar-refractivity contribution < 1.29 is 0 Å². The Kier molecular flexibility index (Phi) is 14.0. The Bertz CT molecular complexity index is 318. The summed E-state index contributed by atoms with van der Waals surface area (Å²) in [6, 6.07) is 0.636. The summed E-state index contributed by atoms with van der Waals surface area (Å²) in [6.07, 6.45) is 30.4. The Labute approximate surface area is 152 Å². The molecule has 1 nitrogen and oxygen atoms in total. The van der Waals surface area contributed by atoms with Crippen LogP contribution in [0.4, 0.5) is 0 Å². The van der Waals surface area contributed by atoms with Crippen LogP contribution in [-0.4, -0.2) is 17.5 Å². The predicted octanol–water partition coefficient (Wildman–Crippen LogP) is 7.63. The van der Waals surface area contributed by atoms with Crippen LogP contribution in [0.2, 0.25) is 0 Å². The lowest BCUT2D eigenvalue weighted by Gasteiger charge is -2.29. The van der Waals surface area contributed by atoms with E-state index >= 15 is 0 Å². The molecule has 1 aliphatic heterocycles. The van der Waals surface area contributed by atoms with Crippen molar-refractivity contribution in [3.8, 4) is 0 Å². The smallest absolute Gasteiger partial charge is 0.0467 e. The molecule has 0 saturated carbocycles. The van der Waals surface area contributed by atoms with E-state index in [0.717, 1.165) is 0 Å². The quantitative estimate of drug-likeness (QED) is 0.262. The second-order valence-corrected chi connectivity index (χ2v) is 7.54. The molecule has 140 valence electrons. The average molecular weight is 334 g/mol. The molecule has 0 N–H and O–H groups in total. The van der Waals surface area contributed by atoms with Crippen molar-refractivity contribution in [1.29, 1.82) is 0 Å². The fourth-order valence-corrected chi connectivity index (χ4v) is 3.67. The molecular weight excluding hydrogens is 290 g/mol. The summed E-state index contributed by atoms with van der Waals surface area (Å²) in [4.78, 5) is 2.51. The summed E-state index contributed by atoms with van der Waals surface area (Å²) in [7, 11) is 0. The van der Waals surface area contributed by atoms with Crippen molar-refractivity contribution in [1.82, 2.24) is 4.90 Å². The zero-order chi connectivity index (χ0) is 17.3. The Balaban J connectivity index is 1.79. The third-order valence-electron chi connectivity index (χ3n) is 5.34. The number of unbranched alkanes of at least 4 members (excludes halogenated alkanes) is 13. The van der Waals surface area contributed by atoms with E-state index in [1.54, 1.807) is 0 Å². The molecule has 1 rings (SSSR count). The van der Waals surface area contributed by atoms with Crippen molar-refractivity contribution in [3.05, 3.63) is 24.4 Å². The van der Waals surface area contributed by atoms with Gasteiger partial charge in [0, 0.05) is 12.6 Å². The zero-order valence-corrected chi connectivity index (χ0v) is 16.6. The summed E-state index contributed by atoms with van der Waals surface area (Å²) < 4.78 is 0. The molecule has 0 spiro atoms. The first kappa shape index (κ1) is 21.3. The number of nitrogens with zero attached hydrogens (tertiary/aromatic N) is 1. The van der Waals surface area contributed by atoms with Gasteiger partial charge in [-0.05, 0) is 25.1 Å². The largest absolute Gasteiger partial charge is 0.371 e. The maximum atomic E-state index is 2.51. The molecule has 0 aromatic carbocycles. The number of rotatable bonds is 16. The van der Waals surface area contributed by atoms with E-state index in [9.17, 15) is 0 Å². The Morgan fingerprint density at radius 1 is 0.625 bits per heavy atom. The molecule has 1 aliphatic rings. The monoisotopic (exact) mass is 333 g/mol. The molecule has 1 heterocycles. The van der Waals surface area contributed by atoms with Gasteiger partial charge in [0.2, 0.25) is 0 Å². The van der Waals surface area contributed by atoms with Crippen LogP contribution in [-0.2, 0) is 0 Å². The van der Waals surface area contributed by atoms with Gasteiger partial charge in [0.15, 0.2) is 0 Å². The van der Waals surface area contributed by atoms with Crippen molar-refractivity contribution in [2.75, 3.05) is 6.54 Å². The van der Waals surface area contributed by atoms with E-state index in [1.165, 1.54) is 103 Å². The predicted molar refractivity (Wildman–Crippen MR) is 109 cm³/mol. The van der Waals surface area contributed by atoms with Crippen LogP contribution in [0.5, 0.6) is 0 Å². The number of hydrogen-bond donors (Lipinski definition) is 0. The van der Waals surface area contributed by atoms with E-state index in [-0.39, 0.29) is 0 Å². The molecule has 0 saturated heterocycles. The van der Waals surface area contributed by atoms with E-state index in [2.05, 4.69) is 43.2 Å². The zero-order valence-electron chi connectivity index (χ0n) is 16.6. The van der Waals surface area contributed by atoms with Crippen molar-refractivity contribution >= 4 is 0 Å². The van der Waals surface area contributed by atoms with Gasteiger partial charge in [0.05, 0.1) is 0 Å². The van der Waals surface area contributed by atoms with Gasteiger partial charge in [-0.3, -0.25) is 0 Å². The topological polar surface area (TPSA) is 3.24 Å². The lowest BCUT2D eigenvalue weighted by atomic mass is 10.0. The molecule has 1 atom stereocenters. The molecule has 0 radical (unpaired) electrons. The molecule has 0 bridgehead atoms. The van der Waals surface area contributed by atoms with Gasteiger partial charge in [-0.25, -0.2) is 0 Å². The first-order valence-corrected chi connectivity index (χ1v) is 11.0. The summed E-state index contributed by atoms with van der Waals surface area (Å²) in [5, 5.41) is 0. The second kappa shape index (κ2) is 15.8. The Morgan fingerprint density at radius 3 is 1.62 bits per heavy atom. The summed E-state index contributed by atoms with van der Waals surface area (Å²) in [6.45, 7) is 5.81. The van der Waals surface area contributed by atoms with E-state index in [1.807, 2.05) is 0 Å². The number of hydrogen-bond acceptors (Lipinski definition) is 1. The molecule has 0 aliphatic carbocycles. The van der Waals surface area contributed by atoms with E-state index in [4.69, 9.17) is 0 Å². The van der Waals surface area contributed by atoms with Gasteiger partial charge in [-0.2, -0.15) is 0 Å². The minimum atomic E-state index is 0.636. The van der Waals surface area contributed by atoms with E-state index in [0.29, 0.717) is 6.04 Å². The first-order chi connectivity index (χ1) is 11.9. The summed E-state index contributed by atoms with van der Waals surface area (Å²) >= 11 is 0. The van der Waals surface area contributed by atoms with Gasteiger partial charge >= 0.3 is 0 Å². The summed E-state index contributed by atoms with van der Waals surface area (Å²) in [5.74, 6) is 0. The lowest BCUT2D eigenvalue weighted by Crippen LogP contribution is -2.30. The van der Waals surface area contributed by atoms with Crippen LogP contribution in [0.25, 0.3) is 0 Å². The fourth-order valence-electron chi connectivity index (χ4n) is 3.67. The first-order valence-electron chi connectivity index (χ1n) is 11.0. The minimum Gasteiger partial charge on any atom is -0.371 e. The van der Waals surface area contributed by atoms with Crippen molar-refractivity contribution in [2.45, 2.75) is 116 Å². The minimum absolute atomic E-state index is 0.636. The normalized spacial score (nSPS) is 16.9. The average Bonchev–Trinajstić information content (AvgIpc) is 2.62. The van der Waals surface area contributed by atoms with E-state index < -0.39 is 0 Å². The van der Waals surface area contributed by atoms with Gasteiger partial charge in [0.25, 0.3) is 0 Å². The van der Waals surface area contributed by atoms with Crippen LogP contribution >= 0.6 is 0 Å². The fraction of sp³-hybridized carbons (Fsp3) is 0.826. The summed E-state index contributed by atoms with van der Waals surface area (Å²) in [5.41, 5.74) is 0. The van der Waals surface area contributed by atoms with Gasteiger partial charge < -0.3 is 4.90 Å². The van der Waals surface area contributed by atoms with Gasteiger partial charge in [0.1, 0.15) is 0 Å². The van der Waals surface area contributed by atoms with Crippen LogP contribution in [0.15, 0.2) is 24.4 Å². The molecule has 1 heteroatoms. The maximum absolute atomic E-state index is 2.51. The van der Waals surface area contributed by atoms with Crippen LogP contribution in [0.1, 0.15) is 110 Å². The Hall–Kier alpha value is -0.720. The van der Waals surface area contributed by atoms with Gasteiger partial charge in [-0.15, -0.1) is 0 Å². The highest BCUT2D eigenvalue weighted by molar-refractivity contribution is 5.12. The van der Waals surface area contributed by atoms with Crippen molar-refractivity contribution in [3.63, 3.8) is 0 Å². The van der Waals surface area contributed by atoms with Crippen LogP contribution in [0.3, 0.4) is 0 Å². The van der Waals surface area contributed by atoms with Crippen LogP contribution < -0.4 is 0 Å². The third-order valence-corrected chi connectivity index (χ3v) is 5.34.